The molecule has 1 aromatic carbocycles. The van der Waals surface area contributed by atoms with Crippen LogP contribution in [0.15, 0.2) is 30.3 Å². The van der Waals surface area contributed by atoms with Gasteiger partial charge in [0.2, 0.25) is 0 Å². The average molecular weight is 310 g/mol. The lowest BCUT2D eigenvalue weighted by molar-refractivity contribution is -0.121. The van der Waals surface area contributed by atoms with Crippen LogP contribution in [0.3, 0.4) is 0 Å². The maximum Gasteiger partial charge on any atom is 0.168 e. The molecule has 2 bridgehead atoms. The maximum atomic E-state index is 12.8. The Morgan fingerprint density at radius 1 is 1.35 bits per heavy atom. The summed E-state index contributed by atoms with van der Waals surface area (Å²) in [6.45, 7) is 7.34. The number of hydrogen-bond acceptors (Lipinski definition) is 3. The zero-order valence-corrected chi connectivity index (χ0v) is 14.3. The van der Waals surface area contributed by atoms with Crippen LogP contribution in [0, 0.1) is 22.7 Å². The van der Waals surface area contributed by atoms with Crippen molar-refractivity contribution in [1.82, 2.24) is 4.90 Å². The third kappa shape index (κ3) is 3.19. The molecule has 0 N–H and O–H groups in total. The average Bonchev–Trinajstić information content (AvgIpc) is 2.72. The van der Waals surface area contributed by atoms with Crippen molar-refractivity contribution in [1.29, 1.82) is 5.26 Å². The van der Waals surface area contributed by atoms with Crippen LogP contribution in [0.25, 0.3) is 0 Å². The van der Waals surface area contributed by atoms with E-state index in [1.54, 1.807) is 0 Å². The molecule has 1 heterocycles. The van der Waals surface area contributed by atoms with Crippen molar-refractivity contribution < 1.29 is 4.79 Å². The van der Waals surface area contributed by atoms with Crippen LogP contribution in [0.2, 0.25) is 0 Å². The zero-order chi connectivity index (χ0) is 16.6. The van der Waals surface area contributed by atoms with E-state index < -0.39 is 5.92 Å². The molecule has 1 aliphatic carbocycles. The smallest absolute Gasteiger partial charge is 0.168 e. The van der Waals surface area contributed by atoms with Crippen LogP contribution < -0.4 is 0 Å². The fourth-order valence-electron chi connectivity index (χ4n) is 4.69. The molecule has 3 heteroatoms. The normalized spacial score (nSPS) is 30.6. The second-order valence-corrected chi connectivity index (χ2v) is 8.07. The molecule has 0 unspecified atom stereocenters. The van der Waals surface area contributed by atoms with E-state index in [9.17, 15) is 10.1 Å². The highest BCUT2D eigenvalue weighted by Crippen LogP contribution is 2.48. The second-order valence-electron chi connectivity index (χ2n) is 8.07. The van der Waals surface area contributed by atoms with E-state index in [2.05, 4.69) is 31.7 Å². The van der Waals surface area contributed by atoms with Gasteiger partial charge in [-0.1, -0.05) is 44.2 Å². The standard InChI is InChI=1S/C20H26N2O/c1-14-16-9-17(11-20(2,3)10-16)22(14)13-19(23)18(12-21)15-7-5-4-6-8-15/h4-8,14,16-18H,9-11,13H2,1-3H3/t14-,16+,17+,18-/m0/s1. The monoisotopic (exact) mass is 310 g/mol. The molecule has 0 radical (unpaired) electrons. The molecular weight excluding hydrogens is 284 g/mol. The number of carbonyl (C=O) groups excluding carboxylic acids is 1. The Balaban J connectivity index is 1.74. The van der Waals surface area contributed by atoms with Crippen molar-refractivity contribution in [2.45, 2.75) is 58.0 Å². The number of ketones is 1. The minimum absolute atomic E-state index is 0.0379. The summed E-state index contributed by atoms with van der Waals surface area (Å²) in [5, 5.41) is 9.47. The molecule has 1 aromatic rings. The van der Waals surface area contributed by atoms with E-state index in [-0.39, 0.29) is 5.78 Å². The number of nitriles is 1. The summed E-state index contributed by atoms with van der Waals surface area (Å²) in [4.78, 5) is 15.1. The predicted octanol–water partition coefficient (Wildman–Crippen LogP) is 3.76. The molecule has 122 valence electrons. The number of nitrogens with zero attached hydrogens (tertiary/aromatic N) is 2. The predicted molar refractivity (Wildman–Crippen MR) is 90.9 cm³/mol. The maximum absolute atomic E-state index is 12.8. The lowest BCUT2D eigenvalue weighted by Crippen LogP contribution is -2.40. The van der Waals surface area contributed by atoms with Gasteiger partial charge in [-0.15, -0.1) is 0 Å². The summed E-state index contributed by atoms with van der Waals surface area (Å²) in [6.07, 6.45) is 3.61. The van der Waals surface area contributed by atoms with Crippen LogP contribution in [-0.2, 0) is 4.79 Å². The molecular formula is C20H26N2O. The van der Waals surface area contributed by atoms with E-state index >= 15 is 0 Å². The molecule has 23 heavy (non-hydrogen) atoms. The Morgan fingerprint density at radius 2 is 2.04 bits per heavy atom. The van der Waals surface area contributed by atoms with Crippen molar-refractivity contribution in [3.05, 3.63) is 35.9 Å². The lowest BCUT2D eigenvalue weighted by Gasteiger charge is -2.35. The van der Waals surface area contributed by atoms with Gasteiger partial charge in [0.25, 0.3) is 0 Å². The van der Waals surface area contributed by atoms with Crippen LogP contribution in [0.4, 0.5) is 0 Å². The van der Waals surface area contributed by atoms with Crippen molar-refractivity contribution in [3.63, 3.8) is 0 Å². The van der Waals surface area contributed by atoms with E-state index in [0.29, 0.717) is 30.0 Å². The number of rotatable bonds is 4. The van der Waals surface area contributed by atoms with Crippen LogP contribution in [-0.4, -0.2) is 29.3 Å². The van der Waals surface area contributed by atoms with Gasteiger partial charge in [0, 0.05) is 12.1 Å². The number of benzene rings is 1. The summed E-state index contributed by atoms with van der Waals surface area (Å²) in [6, 6.07) is 12.6. The van der Waals surface area contributed by atoms with Gasteiger partial charge in [-0.05, 0) is 43.1 Å². The Morgan fingerprint density at radius 3 is 2.70 bits per heavy atom. The van der Waals surface area contributed by atoms with Gasteiger partial charge in [-0.2, -0.15) is 5.26 Å². The highest BCUT2D eigenvalue weighted by molar-refractivity contribution is 5.90. The Kier molecular flexibility index (Phi) is 4.29. The first kappa shape index (κ1) is 16.2. The molecule has 3 nitrogen and oxygen atoms in total. The molecule has 1 saturated heterocycles. The largest absolute Gasteiger partial charge is 0.296 e. The van der Waals surface area contributed by atoms with Gasteiger partial charge in [-0.25, -0.2) is 0 Å². The first-order valence-electron chi connectivity index (χ1n) is 8.64. The van der Waals surface area contributed by atoms with Gasteiger partial charge < -0.3 is 0 Å². The summed E-state index contributed by atoms with van der Waals surface area (Å²) in [5.74, 6) is 0.0848. The number of carbonyl (C=O) groups is 1. The van der Waals surface area contributed by atoms with Crippen molar-refractivity contribution in [2.24, 2.45) is 11.3 Å². The third-order valence-corrected chi connectivity index (χ3v) is 5.77. The molecule has 2 fully saturated rings. The van der Waals surface area contributed by atoms with Gasteiger partial charge in [0.15, 0.2) is 5.78 Å². The fourth-order valence-corrected chi connectivity index (χ4v) is 4.69. The summed E-state index contributed by atoms with van der Waals surface area (Å²) in [7, 11) is 0. The quantitative estimate of drug-likeness (QED) is 0.850. The molecule has 2 aliphatic rings. The van der Waals surface area contributed by atoms with Crippen molar-refractivity contribution in [3.8, 4) is 6.07 Å². The molecule has 3 rings (SSSR count). The highest BCUT2D eigenvalue weighted by atomic mass is 16.1. The lowest BCUT2D eigenvalue weighted by atomic mass is 9.71. The Hall–Kier alpha value is -1.66. The zero-order valence-electron chi connectivity index (χ0n) is 14.3. The minimum Gasteiger partial charge on any atom is -0.296 e. The first-order chi connectivity index (χ1) is 10.9. The number of hydrogen-bond donors (Lipinski definition) is 0. The number of likely N-dealkylation sites (tertiary alicyclic amines) is 1. The van der Waals surface area contributed by atoms with Crippen molar-refractivity contribution in [2.75, 3.05) is 6.54 Å². The Labute approximate surface area is 139 Å². The highest BCUT2D eigenvalue weighted by Gasteiger charge is 2.47. The topological polar surface area (TPSA) is 44.1 Å². The van der Waals surface area contributed by atoms with E-state index in [1.165, 1.54) is 12.8 Å². The van der Waals surface area contributed by atoms with Crippen LogP contribution >= 0.6 is 0 Å². The Bertz CT molecular complexity index is 616. The van der Waals surface area contributed by atoms with Gasteiger partial charge in [-0.3, -0.25) is 9.69 Å². The number of fused-ring (bicyclic) bond motifs is 2. The molecule has 1 saturated carbocycles. The van der Waals surface area contributed by atoms with Gasteiger partial charge >= 0.3 is 0 Å². The van der Waals surface area contributed by atoms with E-state index in [1.807, 2.05) is 30.3 Å². The molecule has 1 aliphatic heterocycles. The number of Topliss-reactive ketones (excluding diaryl/α,β-unsaturated/α-hetero) is 1. The molecule has 0 amide bonds. The SMILES string of the molecule is C[C@H]1[C@@H]2C[C@H](CC(C)(C)C2)N1CC(=O)[C@@H](C#N)c1ccccc1. The summed E-state index contributed by atoms with van der Waals surface area (Å²) < 4.78 is 0. The minimum atomic E-state index is -0.642. The van der Waals surface area contributed by atoms with E-state index in [0.717, 1.165) is 12.0 Å². The molecule has 0 aromatic heterocycles. The summed E-state index contributed by atoms with van der Waals surface area (Å²) >= 11 is 0. The van der Waals surface area contributed by atoms with Gasteiger partial charge in [0.1, 0.15) is 5.92 Å². The van der Waals surface area contributed by atoms with E-state index in [4.69, 9.17) is 0 Å². The molecule has 0 spiro atoms. The molecule has 4 atom stereocenters. The first-order valence-corrected chi connectivity index (χ1v) is 8.64. The van der Waals surface area contributed by atoms with Crippen molar-refractivity contribution >= 4 is 5.78 Å². The second kappa shape index (κ2) is 6.09. The van der Waals surface area contributed by atoms with Gasteiger partial charge in [0.05, 0.1) is 12.6 Å². The third-order valence-electron chi connectivity index (χ3n) is 5.77. The van der Waals surface area contributed by atoms with Crippen LogP contribution in [0.5, 0.6) is 0 Å². The fraction of sp³-hybridized carbons (Fsp3) is 0.600. The van der Waals surface area contributed by atoms with Crippen LogP contribution in [0.1, 0.15) is 51.5 Å². The summed E-state index contributed by atoms with van der Waals surface area (Å²) in [5.41, 5.74) is 1.18.